The highest BCUT2D eigenvalue weighted by atomic mass is 16.5. The molecule has 0 aliphatic heterocycles. The maximum absolute atomic E-state index is 9.62. The van der Waals surface area contributed by atoms with Crippen molar-refractivity contribution in [2.75, 3.05) is 13.2 Å². The minimum atomic E-state index is -0.462. The zero-order valence-electron chi connectivity index (χ0n) is 8.44. The Hall–Kier alpha value is -1.06. The van der Waals surface area contributed by atoms with Crippen molar-refractivity contribution in [1.29, 1.82) is 0 Å². The summed E-state index contributed by atoms with van der Waals surface area (Å²) in [5, 5.41) is 9.62. The molecular formula is C11H17NO2. The van der Waals surface area contributed by atoms with Crippen LogP contribution >= 0.6 is 0 Å². The molecule has 0 unspecified atom stereocenters. The number of benzene rings is 1. The molecule has 1 atom stereocenters. The molecule has 0 bridgehead atoms. The molecule has 0 radical (unpaired) electrons. The second-order valence-corrected chi connectivity index (χ2v) is 3.10. The maximum atomic E-state index is 9.62. The summed E-state index contributed by atoms with van der Waals surface area (Å²) >= 11 is 0. The van der Waals surface area contributed by atoms with Gasteiger partial charge in [0.15, 0.2) is 0 Å². The van der Waals surface area contributed by atoms with Crippen molar-refractivity contribution in [2.24, 2.45) is 5.73 Å². The molecule has 3 nitrogen and oxygen atoms in total. The van der Waals surface area contributed by atoms with E-state index in [0.29, 0.717) is 19.6 Å². The molecule has 3 heteroatoms. The Labute approximate surface area is 84.5 Å². The fourth-order valence-electron chi connectivity index (χ4n) is 1.28. The minimum Gasteiger partial charge on any atom is -0.494 e. The van der Waals surface area contributed by atoms with Crippen molar-refractivity contribution in [2.45, 2.75) is 19.4 Å². The Kier molecular flexibility index (Phi) is 4.43. The minimum absolute atomic E-state index is 0.462. The molecule has 0 aliphatic rings. The molecule has 1 aromatic rings. The molecule has 0 fully saturated rings. The summed E-state index contributed by atoms with van der Waals surface area (Å²) in [6.45, 7) is 3.09. The third-order valence-corrected chi connectivity index (χ3v) is 2.02. The van der Waals surface area contributed by atoms with Crippen molar-refractivity contribution < 1.29 is 9.84 Å². The lowest BCUT2D eigenvalue weighted by Gasteiger charge is -2.10. The van der Waals surface area contributed by atoms with E-state index in [1.807, 2.05) is 31.2 Å². The normalized spacial score (nSPS) is 12.5. The summed E-state index contributed by atoms with van der Waals surface area (Å²) in [5.74, 6) is 0.830. The third-order valence-electron chi connectivity index (χ3n) is 2.02. The quantitative estimate of drug-likeness (QED) is 0.748. The number of aliphatic hydroxyl groups excluding tert-OH is 1. The van der Waals surface area contributed by atoms with Gasteiger partial charge in [0.25, 0.3) is 0 Å². The Morgan fingerprint density at radius 3 is 2.50 bits per heavy atom. The SMILES string of the molecule is CCOc1ccc([C@H](O)CCN)cc1. The summed E-state index contributed by atoms with van der Waals surface area (Å²) < 4.78 is 5.29. The van der Waals surface area contributed by atoms with Crippen LogP contribution in [0, 0.1) is 0 Å². The standard InChI is InChI=1S/C11H17NO2/c1-2-14-10-5-3-9(4-6-10)11(13)7-8-12/h3-6,11,13H,2,7-8,12H2,1H3/t11-/m1/s1. The average Bonchev–Trinajstić information content (AvgIpc) is 2.20. The molecule has 0 aliphatic carbocycles. The summed E-state index contributed by atoms with van der Waals surface area (Å²) in [6.07, 6.45) is 0.129. The van der Waals surface area contributed by atoms with E-state index in [2.05, 4.69) is 0 Å². The van der Waals surface area contributed by atoms with Crippen molar-refractivity contribution in [3.8, 4) is 5.75 Å². The molecule has 0 saturated carbocycles. The van der Waals surface area contributed by atoms with Gasteiger partial charge in [0.1, 0.15) is 5.75 Å². The molecule has 1 rings (SSSR count). The first kappa shape index (κ1) is 11.0. The summed E-state index contributed by atoms with van der Waals surface area (Å²) in [4.78, 5) is 0. The second kappa shape index (κ2) is 5.62. The molecule has 1 aromatic carbocycles. The van der Waals surface area contributed by atoms with Crippen LogP contribution in [0.2, 0.25) is 0 Å². The first-order valence-electron chi connectivity index (χ1n) is 4.88. The van der Waals surface area contributed by atoms with E-state index in [4.69, 9.17) is 10.5 Å². The smallest absolute Gasteiger partial charge is 0.119 e. The van der Waals surface area contributed by atoms with E-state index >= 15 is 0 Å². The van der Waals surface area contributed by atoms with Crippen LogP contribution in [0.5, 0.6) is 5.75 Å². The fourth-order valence-corrected chi connectivity index (χ4v) is 1.28. The highest BCUT2D eigenvalue weighted by Gasteiger charge is 2.05. The first-order chi connectivity index (χ1) is 6.77. The summed E-state index contributed by atoms with van der Waals surface area (Å²) in [7, 11) is 0. The lowest BCUT2D eigenvalue weighted by atomic mass is 10.1. The Bertz CT molecular complexity index is 258. The highest BCUT2D eigenvalue weighted by Crippen LogP contribution is 2.19. The molecule has 0 spiro atoms. The Balaban J connectivity index is 2.62. The van der Waals surface area contributed by atoms with Gasteiger partial charge in [-0.15, -0.1) is 0 Å². The second-order valence-electron chi connectivity index (χ2n) is 3.10. The van der Waals surface area contributed by atoms with Gasteiger partial charge >= 0.3 is 0 Å². The number of ether oxygens (including phenoxy) is 1. The van der Waals surface area contributed by atoms with E-state index < -0.39 is 6.10 Å². The van der Waals surface area contributed by atoms with E-state index in [1.165, 1.54) is 0 Å². The van der Waals surface area contributed by atoms with E-state index in [0.717, 1.165) is 11.3 Å². The predicted octanol–water partition coefficient (Wildman–Crippen LogP) is 1.47. The van der Waals surface area contributed by atoms with Crippen molar-refractivity contribution >= 4 is 0 Å². The van der Waals surface area contributed by atoms with Crippen molar-refractivity contribution in [3.63, 3.8) is 0 Å². The van der Waals surface area contributed by atoms with Gasteiger partial charge in [-0.05, 0) is 37.6 Å². The molecule has 0 saturated heterocycles. The van der Waals surface area contributed by atoms with Crippen LogP contribution in [0.3, 0.4) is 0 Å². The molecule has 78 valence electrons. The van der Waals surface area contributed by atoms with Gasteiger partial charge in [0.2, 0.25) is 0 Å². The van der Waals surface area contributed by atoms with Gasteiger partial charge in [-0.1, -0.05) is 12.1 Å². The largest absolute Gasteiger partial charge is 0.494 e. The number of nitrogens with two attached hydrogens (primary N) is 1. The van der Waals surface area contributed by atoms with Crippen LogP contribution < -0.4 is 10.5 Å². The van der Waals surface area contributed by atoms with E-state index in [-0.39, 0.29) is 0 Å². The summed E-state index contributed by atoms with van der Waals surface area (Å²) in [6, 6.07) is 7.45. The molecule has 0 aromatic heterocycles. The lowest BCUT2D eigenvalue weighted by molar-refractivity contribution is 0.170. The van der Waals surface area contributed by atoms with Gasteiger partial charge in [-0.25, -0.2) is 0 Å². The van der Waals surface area contributed by atoms with Gasteiger partial charge in [0, 0.05) is 0 Å². The molecule has 14 heavy (non-hydrogen) atoms. The summed E-state index contributed by atoms with van der Waals surface area (Å²) in [5.41, 5.74) is 6.25. The third kappa shape index (κ3) is 3.01. The first-order valence-corrected chi connectivity index (χ1v) is 4.88. The molecular weight excluding hydrogens is 178 g/mol. The lowest BCUT2D eigenvalue weighted by Crippen LogP contribution is -2.06. The van der Waals surface area contributed by atoms with Crippen molar-refractivity contribution in [3.05, 3.63) is 29.8 Å². The number of rotatable bonds is 5. The van der Waals surface area contributed by atoms with Crippen molar-refractivity contribution in [1.82, 2.24) is 0 Å². The fraction of sp³-hybridized carbons (Fsp3) is 0.455. The van der Waals surface area contributed by atoms with Crippen LogP contribution in [0.15, 0.2) is 24.3 Å². The van der Waals surface area contributed by atoms with Crippen LogP contribution in [-0.2, 0) is 0 Å². The zero-order chi connectivity index (χ0) is 10.4. The number of hydrogen-bond acceptors (Lipinski definition) is 3. The van der Waals surface area contributed by atoms with Gasteiger partial charge in [-0.2, -0.15) is 0 Å². The predicted molar refractivity (Wildman–Crippen MR) is 56.2 cm³/mol. The zero-order valence-corrected chi connectivity index (χ0v) is 8.44. The van der Waals surface area contributed by atoms with E-state index in [1.54, 1.807) is 0 Å². The highest BCUT2D eigenvalue weighted by molar-refractivity contribution is 5.28. The van der Waals surface area contributed by atoms with Gasteiger partial charge in [0.05, 0.1) is 12.7 Å². The van der Waals surface area contributed by atoms with Gasteiger partial charge in [-0.3, -0.25) is 0 Å². The van der Waals surface area contributed by atoms with Crippen LogP contribution in [-0.4, -0.2) is 18.3 Å². The van der Waals surface area contributed by atoms with Gasteiger partial charge < -0.3 is 15.6 Å². The molecule has 3 N–H and O–H groups in total. The van der Waals surface area contributed by atoms with Crippen LogP contribution in [0.1, 0.15) is 25.0 Å². The van der Waals surface area contributed by atoms with E-state index in [9.17, 15) is 5.11 Å². The monoisotopic (exact) mass is 195 g/mol. The number of hydrogen-bond donors (Lipinski definition) is 2. The Morgan fingerprint density at radius 2 is 2.00 bits per heavy atom. The maximum Gasteiger partial charge on any atom is 0.119 e. The van der Waals surface area contributed by atoms with Crippen LogP contribution in [0.4, 0.5) is 0 Å². The molecule has 0 heterocycles. The number of aliphatic hydroxyl groups is 1. The average molecular weight is 195 g/mol. The van der Waals surface area contributed by atoms with Crippen LogP contribution in [0.25, 0.3) is 0 Å². The molecule has 0 amide bonds. The topological polar surface area (TPSA) is 55.5 Å². The Morgan fingerprint density at radius 1 is 1.36 bits per heavy atom.